The summed E-state index contributed by atoms with van der Waals surface area (Å²) in [4.78, 5) is 0. The van der Waals surface area contributed by atoms with Crippen LogP contribution in [0.4, 0.5) is 17.6 Å². The van der Waals surface area contributed by atoms with Crippen molar-refractivity contribution in [1.29, 1.82) is 0 Å². The Morgan fingerprint density at radius 3 is 2.37 bits per heavy atom. The van der Waals surface area contributed by atoms with Gasteiger partial charge < -0.3 is 10.5 Å². The summed E-state index contributed by atoms with van der Waals surface area (Å²) in [6.45, 7) is 1.17. The number of hydrogen-bond acceptors (Lipinski definition) is 2. The van der Waals surface area contributed by atoms with E-state index in [0.29, 0.717) is 18.8 Å². The normalized spacial score (nSPS) is 19.4. The van der Waals surface area contributed by atoms with Crippen molar-refractivity contribution in [1.82, 2.24) is 0 Å². The number of rotatable bonds is 2. The van der Waals surface area contributed by atoms with Crippen molar-refractivity contribution in [3.05, 3.63) is 35.1 Å². The molecule has 0 aliphatic carbocycles. The Balaban J connectivity index is 2.19. The van der Waals surface area contributed by atoms with Crippen LogP contribution in [0, 0.1) is 11.7 Å². The topological polar surface area (TPSA) is 35.2 Å². The van der Waals surface area contributed by atoms with E-state index in [2.05, 4.69) is 0 Å². The van der Waals surface area contributed by atoms with Crippen LogP contribution in [0.25, 0.3) is 0 Å². The first kappa shape index (κ1) is 14.3. The van der Waals surface area contributed by atoms with E-state index in [0.717, 1.165) is 25.0 Å². The highest BCUT2D eigenvalue weighted by Gasteiger charge is 2.34. The highest BCUT2D eigenvalue weighted by Crippen LogP contribution is 2.34. The van der Waals surface area contributed by atoms with Crippen LogP contribution < -0.4 is 5.73 Å². The molecule has 0 spiro atoms. The van der Waals surface area contributed by atoms with Crippen LogP contribution in [-0.2, 0) is 10.9 Å². The molecule has 0 aromatic heterocycles. The van der Waals surface area contributed by atoms with Gasteiger partial charge in [0.2, 0.25) is 0 Å². The van der Waals surface area contributed by atoms with E-state index in [4.69, 9.17) is 10.5 Å². The molecule has 19 heavy (non-hydrogen) atoms. The molecule has 1 saturated heterocycles. The van der Waals surface area contributed by atoms with Crippen LogP contribution in [-0.4, -0.2) is 13.2 Å². The zero-order valence-corrected chi connectivity index (χ0v) is 10.2. The van der Waals surface area contributed by atoms with Gasteiger partial charge in [0.05, 0.1) is 5.56 Å². The summed E-state index contributed by atoms with van der Waals surface area (Å²) in [5.74, 6) is -1.16. The van der Waals surface area contributed by atoms with Gasteiger partial charge in [-0.15, -0.1) is 0 Å². The van der Waals surface area contributed by atoms with Gasteiger partial charge in [-0.05, 0) is 36.5 Å². The average Bonchev–Trinajstić information content (AvgIpc) is 2.37. The molecule has 1 aliphatic rings. The molecule has 0 radical (unpaired) electrons. The third kappa shape index (κ3) is 3.25. The second-order valence-corrected chi connectivity index (χ2v) is 4.71. The van der Waals surface area contributed by atoms with E-state index < -0.39 is 23.6 Å². The van der Waals surface area contributed by atoms with Crippen LogP contribution in [0.5, 0.6) is 0 Å². The minimum Gasteiger partial charge on any atom is -0.381 e. The van der Waals surface area contributed by atoms with Gasteiger partial charge in [0, 0.05) is 19.3 Å². The van der Waals surface area contributed by atoms with Gasteiger partial charge in [-0.2, -0.15) is 13.2 Å². The van der Waals surface area contributed by atoms with E-state index in [1.165, 1.54) is 6.07 Å². The maximum atomic E-state index is 13.5. The fraction of sp³-hybridized carbons (Fsp3) is 0.538. The van der Waals surface area contributed by atoms with E-state index in [9.17, 15) is 17.6 Å². The molecule has 0 saturated carbocycles. The summed E-state index contributed by atoms with van der Waals surface area (Å²) >= 11 is 0. The predicted molar refractivity (Wildman–Crippen MR) is 61.9 cm³/mol. The number of hydrogen-bond donors (Lipinski definition) is 1. The smallest absolute Gasteiger partial charge is 0.381 e. The highest BCUT2D eigenvalue weighted by atomic mass is 19.4. The van der Waals surface area contributed by atoms with Crippen molar-refractivity contribution in [2.24, 2.45) is 11.7 Å². The highest BCUT2D eigenvalue weighted by molar-refractivity contribution is 5.28. The molecule has 2 N–H and O–H groups in total. The molecule has 1 fully saturated rings. The summed E-state index contributed by atoms with van der Waals surface area (Å²) < 4.78 is 56.0. The summed E-state index contributed by atoms with van der Waals surface area (Å²) in [7, 11) is 0. The monoisotopic (exact) mass is 277 g/mol. The van der Waals surface area contributed by atoms with Gasteiger partial charge >= 0.3 is 6.18 Å². The van der Waals surface area contributed by atoms with Crippen molar-refractivity contribution in [3.8, 4) is 0 Å². The van der Waals surface area contributed by atoms with Gasteiger partial charge in [-0.25, -0.2) is 4.39 Å². The third-order valence-corrected chi connectivity index (χ3v) is 3.46. The van der Waals surface area contributed by atoms with Crippen molar-refractivity contribution >= 4 is 0 Å². The first-order chi connectivity index (χ1) is 8.89. The summed E-state index contributed by atoms with van der Waals surface area (Å²) in [6.07, 6.45) is -3.20. The first-order valence-electron chi connectivity index (χ1n) is 6.09. The fourth-order valence-electron chi connectivity index (χ4n) is 2.32. The van der Waals surface area contributed by atoms with E-state index in [1.807, 2.05) is 0 Å². The molecule has 0 unspecified atom stereocenters. The average molecular weight is 277 g/mol. The van der Waals surface area contributed by atoms with E-state index >= 15 is 0 Å². The molecule has 0 amide bonds. The molecule has 1 atom stereocenters. The quantitative estimate of drug-likeness (QED) is 0.842. The van der Waals surface area contributed by atoms with Crippen molar-refractivity contribution in [2.45, 2.75) is 25.1 Å². The molecule has 1 heterocycles. The molecular formula is C13H15F4NO. The number of alkyl halides is 3. The third-order valence-electron chi connectivity index (χ3n) is 3.46. The van der Waals surface area contributed by atoms with Crippen molar-refractivity contribution < 1.29 is 22.3 Å². The molecular weight excluding hydrogens is 262 g/mol. The number of halogens is 4. The van der Waals surface area contributed by atoms with Gasteiger partial charge in [0.15, 0.2) is 0 Å². The molecule has 6 heteroatoms. The second kappa shape index (κ2) is 5.46. The molecule has 1 aromatic rings. The molecule has 1 aromatic carbocycles. The minimum absolute atomic E-state index is 0.116. The van der Waals surface area contributed by atoms with Crippen LogP contribution >= 0.6 is 0 Å². The standard InChI is InChI=1S/C13H15F4NO/c14-11-7-9(1-2-10(11)13(15,16)17)12(18)8-3-5-19-6-4-8/h1-2,7-8,12H,3-6,18H2/t12-/m0/s1. The first-order valence-corrected chi connectivity index (χ1v) is 6.09. The van der Waals surface area contributed by atoms with Crippen LogP contribution in [0.3, 0.4) is 0 Å². The predicted octanol–water partition coefficient (Wildman–Crippen LogP) is 3.27. The number of nitrogens with two attached hydrogens (primary N) is 1. The zero-order chi connectivity index (χ0) is 14.0. The molecule has 106 valence electrons. The Hall–Kier alpha value is -1.14. The Labute approximate surface area is 108 Å². The largest absolute Gasteiger partial charge is 0.419 e. The van der Waals surface area contributed by atoms with Gasteiger partial charge in [-0.1, -0.05) is 6.07 Å². The summed E-state index contributed by atoms with van der Waals surface area (Å²) in [5.41, 5.74) is 5.14. The lowest BCUT2D eigenvalue weighted by Crippen LogP contribution is -2.27. The summed E-state index contributed by atoms with van der Waals surface area (Å²) in [6, 6.07) is 2.44. The van der Waals surface area contributed by atoms with Crippen LogP contribution in [0.15, 0.2) is 18.2 Å². The van der Waals surface area contributed by atoms with Crippen LogP contribution in [0.1, 0.15) is 30.0 Å². The Bertz CT molecular complexity index is 441. The maximum Gasteiger partial charge on any atom is 0.419 e. The number of benzene rings is 1. The number of ether oxygens (including phenoxy) is 1. The lowest BCUT2D eigenvalue weighted by molar-refractivity contribution is -0.140. The molecule has 2 nitrogen and oxygen atoms in total. The maximum absolute atomic E-state index is 13.5. The SMILES string of the molecule is N[C@H](c1ccc(C(F)(F)F)c(F)c1)C1CCOCC1. The van der Waals surface area contributed by atoms with Gasteiger partial charge in [0.25, 0.3) is 0 Å². The van der Waals surface area contributed by atoms with E-state index in [-0.39, 0.29) is 5.92 Å². The molecule has 0 bridgehead atoms. The Morgan fingerprint density at radius 2 is 1.84 bits per heavy atom. The summed E-state index contributed by atoms with van der Waals surface area (Å²) in [5, 5.41) is 0. The van der Waals surface area contributed by atoms with Gasteiger partial charge in [-0.3, -0.25) is 0 Å². The Morgan fingerprint density at radius 1 is 1.21 bits per heavy atom. The lowest BCUT2D eigenvalue weighted by Gasteiger charge is -2.28. The lowest BCUT2D eigenvalue weighted by atomic mass is 9.87. The fourth-order valence-corrected chi connectivity index (χ4v) is 2.32. The van der Waals surface area contributed by atoms with E-state index in [1.54, 1.807) is 0 Å². The Kier molecular flexibility index (Phi) is 4.10. The minimum atomic E-state index is -4.68. The zero-order valence-electron chi connectivity index (χ0n) is 10.2. The van der Waals surface area contributed by atoms with Crippen molar-refractivity contribution in [2.75, 3.05) is 13.2 Å². The van der Waals surface area contributed by atoms with Gasteiger partial charge in [0.1, 0.15) is 5.82 Å². The van der Waals surface area contributed by atoms with Crippen molar-refractivity contribution in [3.63, 3.8) is 0 Å². The second-order valence-electron chi connectivity index (χ2n) is 4.71. The molecule has 2 rings (SSSR count). The molecule has 1 aliphatic heterocycles. The van der Waals surface area contributed by atoms with Crippen LogP contribution in [0.2, 0.25) is 0 Å².